The topological polar surface area (TPSA) is 69.5 Å². The summed E-state index contributed by atoms with van der Waals surface area (Å²) in [5.41, 5.74) is 2.78. The van der Waals surface area contributed by atoms with Crippen LogP contribution in [-0.2, 0) is 18.6 Å². The summed E-state index contributed by atoms with van der Waals surface area (Å²) in [5, 5.41) is 10.5. The quantitative estimate of drug-likeness (QED) is 0.584. The van der Waals surface area contributed by atoms with Gasteiger partial charge in [-0.1, -0.05) is 30.0 Å². The maximum absolute atomic E-state index is 12.4. The van der Waals surface area contributed by atoms with Crippen LogP contribution < -0.4 is 5.56 Å². The van der Waals surface area contributed by atoms with Gasteiger partial charge in [-0.25, -0.2) is 4.98 Å². The fraction of sp³-hybridized carbons (Fsp3) is 0.235. The largest absolute Gasteiger partial charge is 0.301 e. The van der Waals surface area contributed by atoms with Gasteiger partial charge in [-0.3, -0.25) is 4.79 Å². The van der Waals surface area contributed by atoms with Gasteiger partial charge in [-0.05, 0) is 36.5 Å². The number of H-pyrrole nitrogens is 1. The molecular weight excluding hydrogens is 326 g/mol. The van der Waals surface area contributed by atoms with E-state index < -0.39 is 0 Å². The molecule has 1 aliphatic rings. The summed E-state index contributed by atoms with van der Waals surface area (Å²) in [5.74, 6) is 0.614. The van der Waals surface area contributed by atoms with Crippen LogP contribution in [0.25, 0.3) is 10.2 Å². The van der Waals surface area contributed by atoms with Crippen LogP contribution in [0.1, 0.15) is 28.0 Å². The zero-order valence-electron chi connectivity index (χ0n) is 12.3. The van der Waals surface area contributed by atoms with E-state index in [1.807, 2.05) is 18.2 Å². The second-order valence-corrected chi connectivity index (χ2v) is 7.51. The number of thiophene rings is 1. The lowest BCUT2D eigenvalue weighted by molar-refractivity contribution is 0.914. The Labute approximate surface area is 141 Å². The predicted octanol–water partition coefficient (Wildman–Crippen LogP) is 3.64. The summed E-state index contributed by atoms with van der Waals surface area (Å²) in [6.45, 7) is 0. The van der Waals surface area contributed by atoms with Gasteiger partial charge in [0.05, 0.1) is 17.0 Å². The molecule has 0 amide bonds. The summed E-state index contributed by atoms with van der Waals surface area (Å²) in [6, 6.07) is 9.70. The number of nitrogens with zero attached hydrogens (tertiary/aromatic N) is 2. The van der Waals surface area contributed by atoms with E-state index in [1.54, 1.807) is 17.4 Å². The highest BCUT2D eigenvalue weighted by atomic mass is 32.2. The van der Waals surface area contributed by atoms with Crippen molar-refractivity contribution in [3.8, 4) is 6.07 Å². The van der Waals surface area contributed by atoms with Gasteiger partial charge in [0.1, 0.15) is 4.83 Å². The average Bonchev–Trinajstić information content (AvgIpc) is 3.13. The molecule has 4 rings (SSSR count). The van der Waals surface area contributed by atoms with Gasteiger partial charge in [0.2, 0.25) is 0 Å². The monoisotopic (exact) mass is 339 g/mol. The number of aromatic amines is 1. The number of nitriles is 1. The van der Waals surface area contributed by atoms with E-state index in [4.69, 9.17) is 5.26 Å². The Morgan fingerprint density at radius 2 is 2.22 bits per heavy atom. The number of aromatic nitrogens is 2. The highest BCUT2D eigenvalue weighted by Crippen LogP contribution is 2.35. The van der Waals surface area contributed by atoms with Gasteiger partial charge in [-0.15, -0.1) is 11.3 Å². The second-order valence-electron chi connectivity index (χ2n) is 5.47. The lowest BCUT2D eigenvalue weighted by Gasteiger charge is -2.03. The minimum Gasteiger partial charge on any atom is -0.301 e. The lowest BCUT2D eigenvalue weighted by Crippen LogP contribution is -2.09. The van der Waals surface area contributed by atoms with E-state index >= 15 is 0 Å². The van der Waals surface area contributed by atoms with Crippen LogP contribution >= 0.6 is 23.1 Å². The number of fused-ring (bicyclic) bond motifs is 3. The highest BCUT2D eigenvalue weighted by Gasteiger charge is 2.21. The van der Waals surface area contributed by atoms with Crippen LogP contribution in [0.3, 0.4) is 0 Å². The normalized spacial score (nSPS) is 13.2. The Morgan fingerprint density at radius 1 is 1.35 bits per heavy atom. The van der Waals surface area contributed by atoms with Crippen molar-refractivity contribution in [1.29, 1.82) is 5.26 Å². The summed E-state index contributed by atoms with van der Waals surface area (Å²) >= 11 is 3.11. The summed E-state index contributed by atoms with van der Waals surface area (Å²) in [7, 11) is 0. The molecule has 1 N–H and O–H groups in total. The molecule has 0 saturated heterocycles. The zero-order valence-corrected chi connectivity index (χ0v) is 13.9. The molecule has 6 heteroatoms. The Balaban J connectivity index is 1.66. The van der Waals surface area contributed by atoms with E-state index in [9.17, 15) is 4.79 Å². The third kappa shape index (κ3) is 2.56. The first kappa shape index (κ1) is 14.5. The minimum absolute atomic E-state index is 0.0366. The third-order valence-electron chi connectivity index (χ3n) is 4.06. The predicted molar refractivity (Wildman–Crippen MR) is 93.0 cm³/mol. The van der Waals surface area contributed by atoms with Gasteiger partial charge in [-0.2, -0.15) is 5.26 Å². The highest BCUT2D eigenvalue weighted by molar-refractivity contribution is 7.98. The Morgan fingerprint density at radius 3 is 3.09 bits per heavy atom. The van der Waals surface area contributed by atoms with Crippen molar-refractivity contribution < 1.29 is 0 Å². The minimum atomic E-state index is -0.0366. The van der Waals surface area contributed by atoms with Crippen molar-refractivity contribution in [3.63, 3.8) is 0 Å². The molecule has 23 heavy (non-hydrogen) atoms. The average molecular weight is 339 g/mol. The molecule has 0 radical (unpaired) electrons. The van der Waals surface area contributed by atoms with Gasteiger partial charge in [0.15, 0.2) is 5.16 Å². The van der Waals surface area contributed by atoms with E-state index in [-0.39, 0.29) is 5.56 Å². The zero-order chi connectivity index (χ0) is 15.8. The smallest absolute Gasteiger partial charge is 0.260 e. The second kappa shape index (κ2) is 5.84. The number of aryl methyl sites for hydroxylation is 2. The first-order valence-electron chi connectivity index (χ1n) is 7.41. The first-order valence-corrected chi connectivity index (χ1v) is 9.22. The van der Waals surface area contributed by atoms with Gasteiger partial charge in [0, 0.05) is 10.6 Å². The SMILES string of the molecule is N#Cc1ccccc1CSc1nc2sc3c(c2c(=O)[nH]1)CCC3. The molecule has 1 aromatic carbocycles. The van der Waals surface area contributed by atoms with Crippen molar-refractivity contribution in [2.75, 3.05) is 0 Å². The summed E-state index contributed by atoms with van der Waals surface area (Å²) in [6.07, 6.45) is 3.19. The standard InChI is InChI=1S/C17H13N3OS2/c18-8-10-4-1-2-5-11(10)9-22-17-19-15(21)14-12-6-3-7-13(12)23-16(14)20-17/h1-2,4-5H,3,6-7,9H2,(H,19,20,21). The molecule has 4 nitrogen and oxygen atoms in total. The first-order chi connectivity index (χ1) is 11.3. The third-order valence-corrected chi connectivity index (χ3v) is 6.16. The van der Waals surface area contributed by atoms with Crippen molar-refractivity contribution in [1.82, 2.24) is 9.97 Å². The summed E-state index contributed by atoms with van der Waals surface area (Å²) in [4.78, 5) is 22.1. The molecule has 0 aliphatic heterocycles. The van der Waals surface area contributed by atoms with Crippen LogP contribution in [-0.4, -0.2) is 9.97 Å². The van der Waals surface area contributed by atoms with E-state index in [2.05, 4.69) is 16.0 Å². The van der Waals surface area contributed by atoms with Gasteiger partial charge < -0.3 is 4.98 Å². The van der Waals surface area contributed by atoms with Crippen molar-refractivity contribution in [2.45, 2.75) is 30.2 Å². The van der Waals surface area contributed by atoms with Crippen LogP contribution in [0.5, 0.6) is 0 Å². The molecule has 0 atom stereocenters. The molecule has 0 spiro atoms. The van der Waals surface area contributed by atoms with Gasteiger partial charge >= 0.3 is 0 Å². The van der Waals surface area contributed by atoms with E-state index in [0.717, 1.165) is 35.0 Å². The molecule has 0 saturated carbocycles. The number of thioether (sulfide) groups is 1. The molecule has 2 heterocycles. The molecule has 3 aromatic rings. The van der Waals surface area contributed by atoms with Crippen molar-refractivity contribution >= 4 is 33.3 Å². The molecular formula is C17H13N3OS2. The van der Waals surface area contributed by atoms with Crippen LogP contribution in [0, 0.1) is 11.3 Å². The number of rotatable bonds is 3. The number of nitrogens with one attached hydrogen (secondary N) is 1. The van der Waals surface area contributed by atoms with Crippen LogP contribution in [0.15, 0.2) is 34.2 Å². The fourth-order valence-electron chi connectivity index (χ4n) is 2.95. The molecule has 1 aliphatic carbocycles. The Hall–Kier alpha value is -2.10. The molecule has 114 valence electrons. The molecule has 0 unspecified atom stereocenters. The Bertz CT molecular complexity index is 997. The Kier molecular flexibility index (Phi) is 3.68. The number of hydrogen-bond donors (Lipinski definition) is 1. The van der Waals surface area contributed by atoms with Crippen LogP contribution in [0.4, 0.5) is 0 Å². The maximum atomic E-state index is 12.4. The van der Waals surface area contributed by atoms with Crippen LogP contribution in [0.2, 0.25) is 0 Å². The van der Waals surface area contributed by atoms with Gasteiger partial charge in [0.25, 0.3) is 5.56 Å². The number of hydrogen-bond acceptors (Lipinski definition) is 5. The molecule has 0 fully saturated rings. The number of benzene rings is 1. The molecule has 2 aromatic heterocycles. The van der Waals surface area contributed by atoms with E-state index in [0.29, 0.717) is 16.5 Å². The summed E-state index contributed by atoms with van der Waals surface area (Å²) < 4.78 is 0. The van der Waals surface area contributed by atoms with Crippen molar-refractivity contribution in [2.24, 2.45) is 0 Å². The maximum Gasteiger partial charge on any atom is 0.260 e. The molecule has 0 bridgehead atoms. The van der Waals surface area contributed by atoms with Crippen molar-refractivity contribution in [3.05, 3.63) is 56.2 Å². The van der Waals surface area contributed by atoms with E-state index in [1.165, 1.54) is 22.2 Å². The fourth-order valence-corrected chi connectivity index (χ4v) is 5.14. The lowest BCUT2D eigenvalue weighted by atomic mass is 10.1.